The topological polar surface area (TPSA) is 86.7 Å². The van der Waals surface area contributed by atoms with Crippen LogP contribution >= 0.6 is 0 Å². The van der Waals surface area contributed by atoms with Gasteiger partial charge in [-0.15, -0.1) is 0 Å². The van der Waals surface area contributed by atoms with Crippen molar-refractivity contribution in [2.24, 2.45) is 0 Å². The second-order valence-corrected chi connectivity index (χ2v) is 9.58. The average Bonchev–Trinajstić information content (AvgIpc) is 2.95. The fourth-order valence-electron chi connectivity index (χ4n) is 4.50. The average molecular weight is 535 g/mol. The van der Waals surface area contributed by atoms with Crippen molar-refractivity contribution in [3.05, 3.63) is 71.7 Å². The molecule has 1 aromatic carbocycles. The highest BCUT2D eigenvalue weighted by atomic mass is 16.5. The first kappa shape index (κ1) is 29.9. The van der Waals surface area contributed by atoms with E-state index in [0.29, 0.717) is 25.6 Å². The lowest BCUT2D eigenvalue weighted by Gasteiger charge is -2.19. The Balaban J connectivity index is 1.44. The Labute approximate surface area is 232 Å². The molecule has 39 heavy (non-hydrogen) atoms. The van der Waals surface area contributed by atoms with Gasteiger partial charge in [-0.3, -0.25) is 4.79 Å². The summed E-state index contributed by atoms with van der Waals surface area (Å²) in [5, 5.41) is 0. The number of pyridine rings is 1. The van der Waals surface area contributed by atoms with E-state index in [-0.39, 0.29) is 11.9 Å². The van der Waals surface area contributed by atoms with E-state index in [9.17, 15) is 4.79 Å². The van der Waals surface area contributed by atoms with Crippen LogP contribution in [0, 0.1) is 0 Å². The van der Waals surface area contributed by atoms with E-state index in [4.69, 9.17) is 19.2 Å². The summed E-state index contributed by atoms with van der Waals surface area (Å²) >= 11 is 0. The largest absolute Gasteiger partial charge is 0.497 e. The van der Waals surface area contributed by atoms with Crippen molar-refractivity contribution in [3.63, 3.8) is 0 Å². The van der Waals surface area contributed by atoms with Crippen molar-refractivity contribution in [1.82, 2.24) is 15.0 Å². The SMILES string of the molecule is CCOC(=O)C[C@H](CCCCCCc1cccc(N(C)Cc2ccc(OC)cc2)n1)c1cnc(OCC)nc1. The van der Waals surface area contributed by atoms with Crippen molar-refractivity contribution in [2.75, 3.05) is 32.3 Å². The Morgan fingerprint density at radius 3 is 2.38 bits per heavy atom. The van der Waals surface area contributed by atoms with Crippen LogP contribution in [0.1, 0.15) is 75.1 Å². The van der Waals surface area contributed by atoms with Crippen LogP contribution in [0.3, 0.4) is 0 Å². The Kier molecular flexibility index (Phi) is 12.5. The Bertz CT molecular complexity index is 1120. The maximum atomic E-state index is 12.2. The number of esters is 1. The van der Waals surface area contributed by atoms with E-state index in [1.54, 1.807) is 19.5 Å². The molecular weight excluding hydrogens is 492 g/mol. The molecule has 0 fully saturated rings. The number of hydrogen-bond donors (Lipinski definition) is 0. The van der Waals surface area contributed by atoms with Crippen molar-refractivity contribution in [1.29, 1.82) is 0 Å². The fourth-order valence-corrected chi connectivity index (χ4v) is 4.50. The van der Waals surface area contributed by atoms with Crippen LogP contribution in [-0.4, -0.2) is 48.3 Å². The number of nitrogens with zero attached hydrogens (tertiary/aromatic N) is 4. The minimum atomic E-state index is -0.181. The summed E-state index contributed by atoms with van der Waals surface area (Å²) in [5.41, 5.74) is 3.27. The zero-order valence-corrected chi connectivity index (χ0v) is 23.8. The van der Waals surface area contributed by atoms with Crippen LogP contribution in [0.15, 0.2) is 54.9 Å². The molecule has 0 aliphatic heterocycles. The normalized spacial score (nSPS) is 11.6. The zero-order chi connectivity index (χ0) is 27.9. The first-order valence-electron chi connectivity index (χ1n) is 13.9. The second kappa shape index (κ2) is 16.3. The van der Waals surface area contributed by atoms with Gasteiger partial charge in [0, 0.05) is 31.7 Å². The molecule has 0 bridgehead atoms. The molecule has 210 valence electrons. The predicted molar refractivity (Wildman–Crippen MR) is 153 cm³/mol. The zero-order valence-electron chi connectivity index (χ0n) is 23.8. The second-order valence-electron chi connectivity index (χ2n) is 9.58. The van der Waals surface area contributed by atoms with E-state index < -0.39 is 0 Å². The molecule has 0 saturated heterocycles. The van der Waals surface area contributed by atoms with Gasteiger partial charge in [0.05, 0.1) is 26.7 Å². The predicted octanol–water partition coefficient (Wildman–Crippen LogP) is 6.15. The third-order valence-electron chi connectivity index (χ3n) is 6.61. The number of anilines is 1. The van der Waals surface area contributed by atoms with Gasteiger partial charge in [0.15, 0.2) is 0 Å². The number of rotatable bonds is 17. The van der Waals surface area contributed by atoms with Gasteiger partial charge in [-0.25, -0.2) is 15.0 Å². The van der Waals surface area contributed by atoms with E-state index >= 15 is 0 Å². The van der Waals surface area contributed by atoms with Crippen LogP contribution in [-0.2, 0) is 22.5 Å². The van der Waals surface area contributed by atoms with E-state index in [1.165, 1.54) is 5.56 Å². The molecule has 1 atom stereocenters. The molecule has 8 nitrogen and oxygen atoms in total. The minimum Gasteiger partial charge on any atom is -0.497 e. The first-order chi connectivity index (χ1) is 19.0. The number of carbonyl (C=O) groups is 1. The quantitative estimate of drug-likeness (QED) is 0.151. The molecular formula is C31H42N4O4. The van der Waals surface area contributed by atoms with Crippen molar-refractivity contribution in [3.8, 4) is 11.8 Å². The van der Waals surface area contributed by atoms with E-state index in [2.05, 4.69) is 52.2 Å². The third kappa shape index (κ3) is 10.2. The molecule has 3 rings (SSSR count). The number of ether oxygens (including phenoxy) is 3. The summed E-state index contributed by atoms with van der Waals surface area (Å²) in [7, 11) is 3.75. The summed E-state index contributed by atoms with van der Waals surface area (Å²) in [6.07, 6.45) is 10.0. The summed E-state index contributed by atoms with van der Waals surface area (Å²) in [4.78, 5) is 27.8. The number of benzene rings is 1. The summed E-state index contributed by atoms with van der Waals surface area (Å²) < 4.78 is 15.8. The Morgan fingerprint density at radius 1 is 0.949 bits per heavy atom. The standard InChI is InChI=1S/C31H42N4O4/c1-5-38-30(36)20-25(26-21-32-31(33-22-26)39-6-2)12-9-7-8-10-13-27-14-11-15-29(34-27)35(3)23-24-16-18-28(37-4)19-17-24/h11,14-19,21-22,25H,5-10,12-13,20,23H2,1-4H3/t25-/m0/s1. The highest BCUT2D eigenvalue weighted by molar-refractivity contribution is 5.70. The maximum absolute atomic E-state index is 12.2. The minimum absolute atomic E-state index is 0.0410. The third-order valence-corrected chi connectivity index (χ3v) is 6.61. The molecule has 0 N–H and O–H groups in total. The molecule has 2 heterocycles. The van der Waals surface area contributed by atoms with Crippen LogP contribution in [0.4, 0.5) is 5.82 Å². The summed E-state index contributed by atoms with van der Waals surface area (Å²) in [6, 6.07) is 14.7. The van der Waals surface area contributed by atoms with E-state index in [0.717, 1.165) is 67.9 Å². The summed E-state index contributed by atoms with van der Waals surface area (Å²) in [5.74, 6) is 1.70. The lowest BCUT2D eigenvalue weighted by atomic mass is 9.92. The van der Waals surface area contributed by atoms with Crippen LogP contribution in [0.2, 0.25) is 0 Å². The molecule has 0 radical (unpaired) electrons. The van der Waals surface area contributed by atoms with Crippen LogP contribution in [0.5, 0.6) is 11.8 Å². The lowest BCUT2D eigenvalue weighted by Crippen LogP contribution is -2.18. The molecule has 0 unspecified atom stereocenters. The smallest absolute Gasteiger partial charge is 0.316 e. The van der Waals surface area contributed by atoms with Crippen molar-refractivity contribution in [2.45, 2.75) is 71.3 Å². The maximum Gasteiger partial charge on any atom is 0.316 e. The number of aromatic nitrogens is 3. The van der Waals surface area contributed by atoms with Crippen LogP contribution in [0.25, 0.3) is 0 Å². The van der Waals surface area contributed by atoms with Gasteiger partial charge in [-0.2, -0.15) is 0 Å². The fraction of sp³-hybridized carbons (Fsp3) is 0.484. The number of hydrogen-bond acceptors (Lipinski definition) is 8. The van der Waals surface area contributed by atoms with Gasteiger partial charge in [0.2, 0.25) is 0 Å². The number of methoxy groups -OCH3 is 1. The van der Waals surface area contributed by atoms with Gasteiger partial charge < -0.3 is 19.1 Å². The Hall–Kier alpha value is -3.68. The first-order valence-corrected chi connectivity index (χ1v) is 13.9. The van der Waals surface area contributed by atoms with Gasteiger partial charge in [0.1, 0.15) is 11.6 Å². The van der Waals surface area contributed by atoms with Gasteiger partial charge in [0.25, 0.3) is 0 Å². The van der Waals surface area contributed by atoms with Gasteiger partial charge in [-0.1, -0.05) is 37.5 Å². The molecule has 8 heteroatoms. The highest BCUT2D eigenvalue weighted by Gasteiger charge is 2.18. The molecule has 3 aromatic rings. The lowest BCUT2D eigenvalue weighted by molar-refractivity contribution is -0.143. The summed E-state index contributed by atoms with van der Waals surface area (Å²) in [6.45, 7) is 5.42. The molecule has 0 spiro atoms. The molecule has 0 aliphatic carbocycles. The molecule has 2 aromatic heterocycles. The van der Waals surface area contributed by atoms with Gasteiger partial charge >= 0.3 is 12.0 Å². The van der Waals surface area contributed by atoms with Crippen molar-refractivity contribution >= 4 is 11.8 Å². The number of aryl methyl sites for hydroxylation is 1. The highest BCUT2D eigenvalue weighted by Crippen LogP contribution is 2.27. The van der Waals surface area contributed by atoms with Gasteiger partial charge in [-0.05, 0) is 74.4 Å². The Morgan fingerprint density at radius 2 is 1.69 bits per heavy atom. The number of unbranched alkanes of at least 4 members (excludes halogenated alkanes) is 3. The monoisotopic (exact) mass is 534 g/mol. The van der Waals surface area contributed by atoms with Crippen LogP contribution < -0.4 is 14.4 Å². The molecule has 0 saturated carbocycles. The number of carbonyl (C=O) groups excluding carboxylic acids is 1. The molecule has 0 aliphatic rings. The van der Waals surface area contributed by atoms with Crippen molar-refractivity contribution < 1.29 is 19.0 Å². The molecule has 0 amide bonds. The van der Waals surface area contributed by atoms with E-state index in [1.807, 2.05) is 26.0 Å².